The molecule has 3 nitrogen and oxygen atoms in total. The number of ether oxygens (including phenoxy) is 1. The van der Waals surface area contributed by atoms with Crippen LogP contribution in [-0.4, -0.2) is 26.3 Å². The van der Waals surface area contributed by atoms with Crippen molar-refractivity contribution in [2.45, 2.75) is 13.1 Å². The van der Waals surface area contributed by atoms with Crippen molar-refractivity contribution in [1.82, 2.24) is 0 Å². The number of hydrogen-bond acceptors (Lipinski definition) is 1. The summed E-state index contributed by atoms with van der Waals surface area (Å²) in [4.78, 5) is 1.63. The lowest BCUT2D eigenvalue weighted by molar-refractivity contribution is -0.921. The second-order valence-corrected chi connectivity index (χ2v) is 4.11. The molecule has 1 saturated heterocycles. The van der Waals surface area contributed by atoms with Crippen LogP contribution < -0.4 is 10.6 Å². The number of benzene rings is 1. The van der Waals surface area contributed by atoms with E-state index in [1.807, 2.05) is 0 Å². The molecular formula is C12H20N2O+2. The summed E-state index contributed by atoms with van der Waals surface area (Å²) >= 11 is 0. The standard InChI is InChI=1S/C12H18N2O/c13-9-11-1-3-12(4-2-11)10-14-5-7-15-8-6-14/h1-4H,5-10,13H2/p+2. The van der Waals surface area contributed by atoms with Gasteiger partial charge in [-0.3, -0.25) is 0 Å². The summed E-state index contributed by atoms with van der Waals surface area (Å²) in [5, 5.41) is 0. The van der Waals surface area contributed by atoms with E-state index in [1.54, 1.807) is 4.90 Å². The van der Waals surface area contributed by atoms with Gasteiger partial charge in [-0.2, -0.15) is 0 Å². The van der Waals surface area contributed by atoms with E-state index in [4.69, 9.17) is 4.74 Å². The Hall–Kier alpha value is -0.900. The second-order valence-electron chi connectivity index (χ2n) is 4.11. The Kier molecular flexibility index (Phi) is 3.72. The van der Waals surface area contributed by atoms with Gasteiger partial charge < -0.3 is 15.4 Å². The third-order valence-corrected chi connectivity index (χ3v) is 2.97. The topological polar surface area (TPSA) is 41.3 Å². The van der Waals surface area contributed by atoms with Crippen LogP contribution in [0.2, 0.25) is 0 Å². The van der Waals surface area contributed by atoms with Gasteiger partial charge in [-0.15, -0.1) is 0 Å². The van der Waals surface area contributed by atoms with Gasteiger partial charge in [0.25, 0.3) is 0 Å². The van der Waals surface area contributed by atoms with Crippen LogP contribution in [0.4, 0.5) is 0 Å². The van der Waals surface area contributed by atoms with Gasteiger partial charge >= 0.3 is 0 Å². The first kappa shape index (κ1) is 10.6. The minimum Gasteiger partial charge on any atom is -0.370 e. The molecule has 15 heavy (non-hydrogen) atoms. The van der Waals surface area contributed by atoms with E-state index in [2.05, 4.69) is 30.0 Å². The van der Waals surface area contributed by atoms with E-state index in [9.17, 15) is 0 Å². The molecule has 1 heterocycles. The van der Waals surface area contributed by atoms with Crippen molar-refractivity contribution in [1.29, 1.82) is 0 Å². The van der Waals surface area contributed by atoms with Crippen molar-refractivity contribution in [3.63, 3.8) is 0 Å². The lowest BCUT2D eigenvalue weighted by Gasteiger charge is -2.23. The summed E-state index contributed by atoms with van der Waals surface area (Å²) in [6.45, 7) is 6.10. The highest BCUT2D eigenvalue weighted by molar-refractivity contribution is 5.20. The van der Waals surface area contributed by atoms with Crippen molar-refractivity contribution < 1.29 is 15.4 Å². The van der Waals surface area contributed by atoms with Gasteiger partial charge in [0, 0.05) is 11.1 Å². The zero-order valence-electron chi connectivity index (χ0n) is 9.17. The van der Waals surface area contributed by atoms with E-state index < -0.39 is 0 Å². The smallest absolute Gasteiger partial charge is 0.103 e. The summed E-state index contributed by atoms with van der Waals surface area (Å²) in [7, 11) is 0. The predicted octanol–water partition coefficient (Wildman–Crippen LogP) is -1.16. The fraction of sp³-hybridized carbons (Fsp3) is 0.500. The van der Waals surface area contributed by atoms with Crippen LogP contribution in [0.5, 0.6) is 0 Å². The summed E-state index contributed by atoms with van der Waals surface area (Å²) in [6, 6.07) is 8.82. The summed E-state index contributed by atoms with van der Waals surface area (Å²) in [5.74, 6) is 0. The van der Waals surface area contributed by atoms with Gasteiger partial charge in [-0.05, 0) is 0 Å². The molecular weight excluding hydrogens is 188 g/mol. The Morgan fingerprint density at radius 1 is 1.07 bits per heavy atom. The summed E-state index contributed by atoms with van der Waals surface area (Å²) in [6.07, 6.45) is 0. The van der Waals surface area contributed by atoms with Crippen LogP contribution in [0, 0.1) is 0 Å². The Labute approximate surface area is 90.8 Å². The molecule has 82 valence electrons. The first-order chi connectivity index (χ1) is 7.38. The van der Waals surface area contributed by atoms with Crippen LogP contribution in [-0.2, 0) is 17.8 Å². The average molecular weight is 208 g/mol. The molecule has 1 fully saturated rings. The third kappa shape index (κ3) is 3.02. The fourth-order valence-corrected chi connectivity index (χ4v) is 1.95. The van der Waals surface area contributed by atoms with Gasteiger partial charge in [0.2, 0.25) is 0 Å². The molecule has 1 aromatic carbocycles. The monoisotopic (exact) mass is 208 g/mol. The zero-order valence-corrected chi connectivity index (χ0v) is 9.17. The molecule has 0 spiro atoms. The van der Waals surface area contributed by atoms with E-state index in [-0.39, 0.29) is 0 Å². The number of morpholine rings is 1. The van der Waals surface area contributed by atoms with Crippen LogP contribution in [0.25, 0.3) is 0 Å². The highest BCUT2D eigenvalue weighted by Gasteiger charge is 2.13. The maximum Gasteiger partial charge on any atom is 0.103 e. The lowest BCUT2D eigenvalue weighted by atomic mass is 10.1. The quantitative estimate of drug-likeness (QED) is 0.647. The largest absolute Gasteiger partial charge is 0.370 e. The van der Waals surface area contributed by atoms with Crippen molar-refractivity contribution >= 4 is 0 Å². The van der Waals surface area contributed by atoms with Crippen LogP contribution in [0.15, 0.2) is 24.3 Å². The van der Waals surface area contributed by atoms with Crippen molar-refractivity contribution in [2.75, 3.05) is 26.3 Å². The van der Waals surface area contributed by atoms with Crippen LogP contribution >= 0.6 is 0 Å². The van der Waals surface area contributed by atoms with E-state index in [1.165, 1.54) is 11.1 Å². The SMILES string of the molecule is [NH3+]Cc1ccc(C[NH+]2CCOCC2)cc1. The molecule has 0 saturated carbocycles. The molecule has 0 radical (unpaired) electrons. The molecule has 0 bridgehead atoms. The molecule has 3 heteroatoms. The molecule has 1 aliphatic heterocycles. The Morgan fingerprint density at radius 2 is 1.67 bits per heavy atom. The Bertz CT molecular complexity index is 291. The number of hydrogen-bond donors (Lipinski definition) is 2. The minimum absolute atomic E-state index is 0.880. The van der Waals surface area contributed by atoms with Gasteiger partial charge in [-0.25, -0.2) is 0 Å². The molecule has 0 unspecified atom stereocenters. The van der Waals surface area contributed by atoms with Crippen LogP contribution in [0.1, 0.15) is 11.1 Å². The van der Waals surface area contributed by atoms with Crippen molar-refractivity contribution in [2.24, 2.45) is 0 Å². The van der Waals surface area contributed by atoms with Crippen molar-refractivity contribution in [3.8, 4) is 0 Å². The predicted molar refractivity (Wildman–Crippen MR) is 58.3 cm³/mol. The van der Waals surface area contributed by atoms with Gasteiger partial charge in [0.15, 0.2) is 0 Å². The molecule has 0 aliphatic carbocycles. The first-order valence-electron chi connectivity index (χ1n) is 5.67. The van der Waals surface area contributed by atoms with E-state index in [0.29, 0.717) is 0 Å². The fourth-order valence-electron chi connectivity index (χ4n) is 1.95. The second kappa shape index (κ2) is 5.26. The maximum atomic E-state index is 5.34. The molecule has 2 rings (SSSR count). The molecule has 0 amide bonds. The molecule has 4 N–H and O–H groups in total. The number of quaternary nitrogens is 2. The highest BCUT2D eigenvalue weighted by atomic mass is 16.5. The molecule has 1 aromatic rings. The molecule has 0 aromatic heterocycles. The van der Waals surface area contributed by atoms with Gasteiger partial charge in [0.1, 0.15) is 19.6 Å². The Morgan fingerprint density at radius 3 is 2.27 bits per heavy atom. The summed E-state index contributed by atoms with van der Waals surface area (Å²) < 4.78 is 5.34. The van der Waals surface area contributed by atoms with Crippen molar-refractivity contribution in [3.05, 3.63) is 35.4 Å². The van der Waals surface area contributed by atoms with Gasteiger partial charge in [0.05, 0.1) is 19.8 Å². The van der Waals surface area contributed by atoms with E-state index in [0.717, 1.165) is 39.4 Å². The number of rotatable bonds is 3. The minimum atomic E-state index is 0.880. The maximum absolute atomic E-state index is 5.34. The van der Waals surface area contributed by atoms with Gasteiger partial charge in [-0.1, -0.05) is 24.3 Å². The molecule has 1 aliphatic rings. The van der Waals surface area contributed by atoms with E-state index >= 15 is 0 Å². The molecule has 0 atom stereocenters. The third-order valence-electron chi connectivity index (χ3n) is 2.97. The highest BCUT2D eigenvalue weighted by Crippen LogP contribution is 2.01. The normalized spacial score (nSPS) is 17.9. The average Bonchev–Trinajstić information content (AvgIpc) is 2.31. The van der Waals surface area contributed by atoms with Crippen LogP contribution in [0.3, 0.4) is 0 Å². The summed E-state index contributed by atoms with van der Waals surface area (Å²) in [5.41, 5.74) is 6.62. The Balaban J connectivity index is 1.91. The zero-order chi connectivity index (χ0) is 10.5. The first-order valence-corrected chi connectivity index (χ1v) is 5.67. The lowest BCUT2D eigenvalue weighted by Crippen LogP contribution is -3.12. The number of nitrogens with one attached hydrogen (secondary N) is 1.